The number of carbonyl (C=O) groups is 2. The molecule has 0 atom stereocenters. The van der Waals surface area contributed by atoms with Gasteiger partial charge in [0.2, 0.25) is 22.3 Å². The second-order valence-electron chi connectivity index (χ2n) is 10.3. The van der Waals surface area contributed by atoms with Crippen molar-refractivity contribution in [3.8, 4) is 5.75 Å². The topological polar surface area (TPSA) is 130 Å². The van der Waals surface area contributed by atoms with Crippen LogP contribution in [0.3, 0.4) is 0 Å². The third kappa shape index (κ3) is 9.27. The van der Waals surface area contributed by atoms with E-state index in [-0.39, 0.29) is 30.6 Å². The van der Waals surface area contributed by atoms with Crippen LogP contribution in [0.5, 0.6) is 5.75 Å². The predicted molar refractivity (Wildman–Crippen MR) is 162 cm³/mol. The monoisotopic (exact) mass is 601 g/mol. The van der Waals surface area contributed by atoms with E-state index in [4.69, 9.17) is 9.47 Å². The van der Waals surface area contributed by atoms with Crippen molar-refractivity contribution in [3.05, 3.63) is 58.7 Å². The summed E-state index contributed by atoms with van der Waals surface area (Å²) in [5.74, 6) is 1.32. The Kier molecular flexibility index (Phi) is 12.8. The Morgan fingerprint density at radius 1 is 1.10 bits per heavy atom. The molecule has 2 N–H and O–H groups in total. The number of nitrogens with one attached hydrogen (secondary N) is 2. The summed E-state index contributed by atoms with van der Waals surface area (Å²) in [6.07, 6.45) is 3.16. The van der Waals surface area contributed by atoms with Crippen LogP contribution < -0.4 is 15.4 Å². The Morgan fingerprint density at radius 3 is 2.43 bits per heavy atom. The maximum Gasteiger partial charge on any atom is 0.248 e. The molecule has 230 valence electrons. The van der Waals surface area contributed by atoms with Crippen molar-refractivity contribution in [2.24, 2.45) is 4.99 Å². The zero-order valence-electron chi connectivity index (χ0n) is 25.0. The molecule has 2 amide bonds. The van der Waals surface area contributed by atoms with Crippen LogP contribution in [0.4, 0.5) is 0 Å². The van der Waals surface area contributed by atoms with Crippen LogP contribution in [0.2, 0.25) is 0 Å². The summed E-state index contributed by atoms with van der Waals surface area (Å²) in [5, 5.41) is 5.92. The number of carbonyl (C=O) groups excluding carboxylic acids is 2. The van der Waals surface area contributed by atoms with E-state index in [1.807, 2.05) is 24.3 Å². The van der Waals surface area contributed by atoms with E-state index < -0.39 is 10.0 Å². The van der Waals surface area contributed by atoms with Crippen LogP contribution in [-0.4, -0.2) is 95.9 Å². The van der Waals surface area contributed by atoms with Crippen molar-refractivity contribution in [2.75, 3.05) is 60.1 Å². The standard InChI is InChI=1S/C30H43N5O6S/c1-23-18-27(40-4)19-24(2)29(23)42(38,39)34(3)16-17-41-21-28(37)35(15-7-5-6-12-31-22-36)20-25-8-10-26(11-9-25)30-32-13-14-33-30/h8-11,18-19,22H,5-7,12-17,20-21H2,1-4H3,(H,31,36)(H,32,33). The van der Waals surface area contributed by atoms with Crippen molar-refractivity contribution >= 4 is 28.2 Å². The van der Waals surface area contributed by atoms with Crippen molar-refractivity contribution < 1.29 is 27.5 Å². The van der Waals surface area contributed by atoms with E-state index in [9.17, 15) is 18.0 Å². The molecule has 2 aromatic carbocycles. The fourth-order valence-electron chi connectivity index (χ4n) is 4.79. The normalized spacial score (nSPS) is 13.0. The maximum atomic E-state index is 13.3. The van der Waals surface area contributed by atoms with E-state index in [0.29, 0.717) is 42.9 Å². The van der Waals surface area contributed by atoms with E-state index in [2.05, 4.69) is 15.6 Å². The van der Waals surface area contributed by atoms with E-state index in [0.717, 1.165) is 49.3 Å². The third-order valence-corrected chi connectivity index (χ3v) is 9.24. The van der Waals surface area contributed by atoms with Gasteiger partial charge in [-0.25, -0.2) is 8.42 Å². The number of unbranched alkanes of at least 4 members (excludes halogenated alkanes) is 2. The van der Waals surface area contributed by atoms with Crippen LogP contribution in [0.1, 0.15) is 41.5 Å². The number of amidine groups is 1. The van der Waals surface area contributed by atoms with Crippen molar-refractivity contribution in [1.29, 1.82) is 0 Å². The molecule has 0 radical (unpaired) electrons. The molecule has 1 heterocycles. The lowest BCUT2D eigenvalue weighted by Gasteiger charge is -2.24. The number of amides is 2. The Labute approximate surface area is 249 Å². The summed E-state index contributed by atoms with van der Waals surface area (Å²) < 4.78 is 38.7. The SMILES string of the molecule is COc1cc(C)c(S(=O)(=O)N(C)CCOCC(=O)N(CCCCCNC=O)Cc2ccc(C3=NCCN3)cc2)c(C)c1. The largest absolute Gasteiger partial charge is 0.497 e. The van der Waals surface area contributed by atoms with Crippen LogP contribution in [0.25, 0.3) is 0 Å². The Morgan fingerprint density at radius 2 is 1.81 bits per heavy atom. The second kappa shape index (κ2) is 16.2. The molecule has 1 aliphatic rings. The van der Waals surface area contributed by atoms with Gasteiger partial charge >= 0.3 is 0 Å². The van der Waals surface area contributed by atoms with Crippen LogP contribution in [0, 0.1) is 13.8 Å². The molecule has 0 saturated heterocycles. The smallest absolute Gasteiger partial charge is 0.248 e. The molecule has 0 aliphatic carbocycles. The molecule has 3 rings (SSSR count). The molecule has 0 unspecified atom stereocenters. The Balaban J connectivity index is 1.56. The summed E-state index contributed by atoms with van der Waals surface area (Å²) in [7, 11) is -0.703. The number of benzene rings is 2. The number of hydrogen-bond acceptors (Lipinski definition) is 8. The van der Waals surface area contributed by atoms with Gasteiger partial charge in [0, 0.05) is 45.3 Å². The molecular formula is C30H43N5O6S. The highest BCUT2D eigenvalue weighted by Gasteiger charge is 2.25. The van der Waals surface area contributed by atoms with E-state index >= 15 is 0 Å². The van der Waals surface area contributed by atoms with Crippen molar-refractivity contribution in [2.45, 2.75) is 44.6 Å². The maximum absolute atomic E-state index is 13.3. The number of aryl methyl sites for hydroxylation is 2. The van der Waals surface area contributed by atoms with E-state index in [1.54, 1.807) is 38.0 Å². The summed E-state index contributed by atoms with van der Waals surface area (Å²) in [6, 6.07) is 11.4. The number of ether oxygens (including phenoxy) is 2. The van der Waals surface area contributed by atoms with Gasteiger partial charge in [0.05, 0.1) is 25.2 Å². The first-order valence-electron chi connectivity index (χ1n) is 14.2. The fourth-order valence-corrected chi connectivity index (χ4v) is 6.35. The summed E-state index contributed by atoms with van der Waals surface area (Å²) in [6.45, 7) is 6.69. The summed E-state index contributed by atoms with van der Waals surface area (Å²) in [5.41, 5.74) is 3.21. The lowest BCUT2D eigenvalue weighted by Crippen LogP contribution is -2.36. The highest BCUT2D eigenvalue weighted by Crippen LogP contribution is 2.27. The molecule has 0 saturated carbocycles. The molecule has 1 aliphatic heterocycles. The van der Waals surface area contributed by atoms with Crippen LogP contribution in [0.15, 0.2) is 46.3 Å². The molecule has 0 bridgehead atoms. The van der Waals surface area contributed by atoms with Gasteiger partial charge in [-0.15, -0.1) is 0 Å². The van der Waals surface area contributed by atoms with Crippen LogP contribution >= 0.6 is 0 Å². The average Bonchev–Trinajstić information content (AvgIpc) is 3.51. The minimum Gasteiger partial charge on any atom is -0.497 e. The van der Waals surface area contributed by atoms with Gasteiger partial charge < -0.3 is 25.0 Å². The Bertz CT molecular complexity index is 1310. The molecule has 0 aromatic heterocycles. The molecule has 42 heavy (non-hydrogen) atoms. The molecule has 0 fully saturated rings. The fraction of sp³-hybridized carbons (Fsp3) is 0.500. The van der Waals surface area contributed by atoms with Crippen molar-refractivity contribution in [1.82, 2.24) is 19.8 Å². The number of sulfonamides is 1. The van der Waals surface area contributed by atoms with Gasteiger partial charge in [-0.3, -0.25) is 14.6 Å². The number of nitrogens with zero attached hydrogens (tertiary/aromatic N) is 3. The minimum absolute atomic E-state index is 0.0741. The second-order valence-corrected chi connectivity index (χ2v) is 12.3. The van der Waals surface area contributed by atoms with Crippen molar-refractivity contribution in [3.63, 3.8) is 0 Å². The first-order chi connectivity index (χ1) is 20.2. The molecule has 11 nitrogen and oxygen atoms in total. The van der Waals surface area contributed by atoms with Gasteiger partial charge in [0.15, 0.2) is 0 Å². The number of methoxy groups -OCH3 is 1. The third-order valence-electron chi connectivity index (χ3n) is 7.07. The molecule has 0 spiro atoms. The highest BCUT2D eigenvalue weighted by molar-refractivity contribution is 7.89. The molecule has 12 heteroatoms. The zero-order valence-corrected chi connectivity index (χ0v) is 25.8. The number of aliphatic imine (C=N–C) groups is 1. The first kappa shape index (κ1) is 33.0. The number of hydrogen-bond donors (Lipinski definition) is 2. The quantitative estimate of drug-likeness (QED) is 0.198. The van der Waals surface area contributed by atoms with Gasteiger partial charge in [0.25, 0.3) is 0 Å². The average molecular weight is 602 g/mol. The van der Waals surface area contributed by atoms with Gasteiger partial charge in [0.1, 0.15) is 18.2 Å². The number of rotatable bonds is 18. The summed E-state index contributed by atoms with van der Waals surface area (Å²) in [4.78, 5) is 30.1. The lowest BCUT2D eigenvalue weighted by atomic mass is 10.1. The van der Waals surface area contributed by atoms with Crippen LogP contribution in [-0.2, 0) is 30.9 Å². The summed E-state index contributed by atoms with van der Waals surface area (Å²) >= 11 is 0. The highest BCUT2D eigenvalue weighted by atomic mass is 32.2. The Hall–Kier alpha value is -3.48. The predicted octanol–water partition coefficient (Wildman–Crippen LogP) is 2.24. The molecule has 2 aromatic rings. The zero-order chi connectivity index (χ0) is 30.5. The van der Waals surface area contributed by atoms with Gasteiger partial charge in [-0.2, -0.15) is 4.31 Å². The van der Waals surface area contributed by atoms with Gasteiger partial charge in [-0.1, -0.05) is 24.3 Å². The lowest BCUT2D eigenvalue weighted by molar-refractivity contribution is -0.136. The number of likely N-dealkylation sites (N-methyl/N-ethyl adjacent to an activating group) is 1. The first-order valence-corrected chi connectivity index (χ1v) is 15.6. The van der Waals surface area contributed by atoms with E-state index in [1.165, 1.54) is 11.4 Å². The molecular weight excluding hydrogens is 558 g/mol. The van der Waals surface area contributed by atoms with Gasteiger partial charge in [-0.05, 0) is 61.9 Å². The minimum atomic E-state index is -3.75.